The molecule has 0 bridgehead atoms. The normalized spacial score (nSPS) is 11.7. The summed E-state index contributed by atoms with van der Waals surface area (Å²) in [5.41, 5.74) is -1.20. The van der Waals surface area contributed by atoms with Gasteiger partial charge in [-0.15, -0.1) is 0 Å². The number of aromatic nitrogens is 1. The Balaban J connectivity index is 2.14. The lowest BCUT2D eigenvalue weighted by atomic mass is 10.1. The summed E-state index contributed by atoms with van der Waals surface area (Å²) in [6.07, 6.45) is -0.456. The van der Waals surface area contributed by atoms with Crippen molar-refractivity contribution in [1.29, 1.82) is 0 Å². The number of carbonyl (C=O) groups is 3. The van der Waals surface area contributed by atoms with Gasteiger partial charge in [0.2, 0.25) is 0 Å². The predicted molar refractivity (Wildman–Crippen MR) is 133 cm³/mol. The number of nitrogens with zero attached hydrogens (tertiary/aromatic N) is 3. The summed E-state index contributed by atoms with van der Waals surface area (Å²) in [4.78, 5) is 51.5. The maximum atomic E-state index is 13.8. The molecule has 3 aromatic rings. The molecule has 2 amide bonds. The van der Waals surface area contributed by atoms with Crippen molar-refractivity contribution in [1.82, 2.24) is 9.47 Å². The molecule has 0 radical (unpaired) electrons. The number of fused-ring (bicyclic) bond motifs is 1. The molecule has 36 heavy (non-hydrogen) atoms. The van der Waals surface area contributed by atoms with Gasteiger partial charge in [-0.25, -0.2) is 14.5 Å². The van der Waals surface area contributed by atoms with Crippen LogP contribution in [0.2, 0.25) is 0 Å². The molecule has 0 N–H and O–H groups in total. The van der Waals surface area contributed by atoms with Gasteiger partial charge < -0.3 is 9.47 Å². The SMILES string of the molecule is CC(C)(C)OC(=O)N(Cc1ccccc1)C(=O)c1cn(C(=O)OC(C)(C)C)c2cc([N+](=O)[O-])ccc12. The van der Waals surface area contributed by atoms with Gasteiger partial charge >= 0.3 is 12.2 Å². The van der Waals surface area contributed by atoms with Crippen LogP contribution in [-0.4, -0.2) is 43.7 Å². The van der Waals surface area contributed by atoms with E-state index in [4.69, 9.17) is 9.47 Å². The standard InChI is InChI=1S/C26H29N3O7/c1-25(2,3)35-23(31)27-16-20(19-13-12-18(29(33)34)14-21(19)27)22(30)28(24(32)36-26(4,5)6)15-17-10-8-7-9-11-17/h7-14,16H,15H2,1-6H3. The van der Waals surface area contributed by atoms with Crippen LogP contribution in [-0.2, 0) is 16.0 Å². The molecule has 0 aliphatic heterocycles. The van der Waals surface area contributed by atoms with Crippen molar-refractivity contribution in [3.63, 3.8) is 0 Å². The summed E-state index contributed by atoms with van der Waals surface area (Å²) in [5, 5.41) is 11.6. The third-order valence-electron chi connectivity index (χ3n) is 4.86. The quantitative estimate of drug-likeness (QED) is 0.326. The number of amides is 2. The first kappa shape index (κ1) is 26.4. The average Bonchev–Trinajstić information content (AvgIpc) is 3.14. The van der Waals surface area contributed by atoms with Crippen molar-refractivity contribution in [2.24, 2.45) is 0 Å². The van der Waals surface area contributed by atoms with Crippen molar-refractivity contribution >= 4 is 34.7 Å². The van der Waals surface area contributed by atoms with Crippen LogP contribution in [0.25, 0.3) is 10.9 Å². The molecule has 0 aliphatic carbocycles. The molecular formula is C26H29N3O7. The molecule has 0 atom stereocenters. The molecule has 0 spiro atoms. The zero-order valence-electron chi connectivity index (χ0n) is 21.1. The third-order valence-corrected chi connectivity index (χ3v) is 4.86. The first-order valence-electron chi connectivity index (χ1n) is 11.3. The third kappa shape index (κ3) is 6.26. The lowest BCUT2D eigenvalue weighted by Crippen LogP contribution is -2.40. The number of nitro benzene ring substituents is 1. The monoisotopic (exact) mass is 495 g/mol. The topological polar surface area (TPSA) is 121 Å². The fourth-order valence-electron chi connectivity index (χ4n) is 3.41. The number of hydrogen-bond acceptors (Lipinski definition) is 7. The van der Waals surface area contributed by atoms with Gasteiger partial charge in [-0.1, -0.05) is 30.3 Å². The van der Waals surface area contributed by atoms with E-state index in [1.165, 1.54) is 24.4 Å². The Hall–Kier alpha value is -4.21. The maximum absolute atomic E-state index is 13.8. The van der Waals surface area contributed by atoms with Crippen LogP contribution in [0, 0.1) is 10.1 Å². The molecule has 1 heterocycles. The Labute approximate surface area is 208 Å². The highest BCUT2D eigenvalue weighted by atomic mass is 16.6. The summed E-state index contributed by atoms with van der Waals surface area (Å²) in [7, 11) is 0. The lowest BCUT2D eigenvalue weighted by molar-refractivity contribution is -0.384. The Morgan fingerprint density at radius 3 is 2.11 bits per heavy atom. The van der Waals surface area contributed by atoms with E-state index in [1.54, 1.807) is 65.8 Å². The zero-order chi connectivity index (χ0) is 26.8. The molecular weight excluding hydrogens is 466 g/mol. The number of nitro groups is 1. The smallest absolute Gasteiger partial charge is 0.419 e. The first-order chi connectivity index (χ1) is 16.7. The summed E-state index contributed by atoms with van der Waals surface area (Å²) >= 11 is 0. The van der Waals surface area contributed by atoms with E-state index >= 15 is 0 Å². The number of rotatable bonds is 4. The largest absolute Gasteiger partial charge is 0.443 e. The van der Waals surface area contributed by atoms with Gasteiger partial charge in [0.1, 0.15) is 11.2 Å². The van der Waals surface area contributed by atoms with Gasteiger partial charge in [-0.05, 0) is 53.2 Å². The van der Waals surface area contributed by atoms with Crippen LogP contribution in [0.3, 0.4) is 0 Å². The van der Waals surface area contributed by atoms with E-state index in [-0.39, 0.29) is 28.7 Å². The first-order valence-corrected chi connectivity index (χ1v) is 11.3. The van der Waals surface area contributed by atoms with Gasteiger partial charge in [0.05, 0.1) is 22.5 Å². The van der Waals surface area contributed by atoms with E-state index in [1.807, 2.05) is 6.07 Å². The number of non-ortho nitro benzene ring substituents is 1. The minimum Gasteiger partial charge on any atom is -0.443 e. The van der Waals surface area contributed by atoms with E-state index in [0.717, 1.165) is 9.47 Å². The van der Waals surface area contributed by atoms with E-state index in [0.29, 0.717) is 5.56 Å². The average molecular weight is 496 g/mol. The Kier molecular flexibility index (Phi) is 7.19. The molecule has 10 nitrogen and oxygen atoms in total. The second-order valence-electron chi connectivity index (χ2n) is 10.2. The summed E-state index contributed by atoms with van der Waals surface area (Å²) < 4.78 is 11.9. The number of ether oxygens (including phenoxy) is 2. The van der Waals surface area contributed by atoms with Gasteiger partial charge in [0.25, 0.3) is 11.6 Å². The van der Waals surface area contributed by atoms with Crippen LogP contribution in [0.1, 0.15) is 57.5 Å². The molecule has 1 aromatic heterocycles. The van der Waals surface area contributed by atoms with Crippen molar-refractivity contribution in [3.05, 3.63) is 76.0 Å². The number of carbonyl (C=O) groups excluding carboxylic acids is 3. The summed E-state index contributed by atoms with van der Waals surface area (Å²) in [6.45, 7) is 10.00. The van der Waals surface area contributed by atoms with Crippen molar-refractivity contribution in [3.8, 4) is 0 Å². The van der Waals surface area contributed by atoms with Crippen molar-refractivity contribution in [2.45, 2.75) is 59.3 Å². The van der Waals surface area contributed by atoms with Crippen LogP contribution in [0.15, 0.2) is 54.7 Å². The fraction of sp³-hybridized carbons (Fsp3) is 0.346. The van der Waals surface area contributed by atoms with Gasteiger partial charge in [-0.3, -0.25) is 19.5 Å². The number of benzene rings is 2. The highest BCUT2D eigenvalue weighted by Gasteiger charge is 2.32. The number of hydrogen-bond donors (Lipinski definition) is 0. The van der Waals surface area contributed by atoms with Crippen LogP contribution >= 0.6 is 0 Å². The van der Waals surface area contributed by atoms with Gasteiger partial charge in [-0.2, -0.15) is 0 Å². The van der Waals surface area contributed by atoms with Crippen molar-refractivity contribution in [2.75, 3.05) is 0 Å². The minimum absolute atomic E-state index is 0.00690. The fourth-order valence-corrected chi connectivity index (χ4v) is 3.41. The highest BCUT2D eigenvalue weighted by Crippen LogP contribution is 2.29. The van der Waals surface area contributed by atoms with E-state index < -0.39 is 34.2 Å². The molecule has 190 valence electrons. The zero-order valence-corrected chi connectivity index (χ0v) is 21.1. The Morgan fingerprint density at radius 2 is 1.56 bits per heavy atom. The van der Waals surface area contributed by atoms with Crippen LogP contribution in [0.4, 0.5) is 15.3 Å². The molecule has 2 aromatic carbocycles. The molecule has 0 saturated heterocycles. The minimum atomic E-state index is -0.864. The molecule has 3 rings (SSSR count). The second kappa shape index (κ2) is 9.80. The van der Waals surface area contributed by atoms with Crippen molar-refractivity contribution < 1.29 is 28.8 Å². The molecule has 0 aliphatic rings. The maximum Gasteiger partial charge on any atom is 0.419 e. The van der Waals surface area contributed by atoms with E-state index in [2.05, 4.69) is 0 Å². The molecule has 0 saturated carbocycles. The second-order valence-corrected chi connectivity index (χ2v) is 10.2. The summed E-state index contributed by atoms with van der Waals surface area (Å²) in [6, 6.07) is 12.7. The Morgan fingerprint density at radius 1 is 0.944 bits per heavy atom. The van der Waals surface area contributed by atoms with Crippen LogP contribution < -0.4 is 0 Å². The molecule has 10 heteroatoms. The van der Waals surface area contributed by atoms with Gasteiger partial charge in [0, 0.05) is 23.7 Å². The molecule has 0 fully saturated rings. The number of imide groups is 1. The molecule has 0 unspecified atom stereocenters. The lowest BCUT2D eigenvalue weighted by Gasteiger charge is -2.26. The predicted octanol–water partition coefficient (Wildman–Crippen LogP) is 5.91. The Bertz CT molecular complexity index is 1320. The van der Waals surface area contributed by atoms with Crippen LogP contribution in [0.5, 0.6) is 0 Å². The highest BCUT2D eigenvalue weighted by molar-refractivity contribution is 6.13. The summed E-state index contributed by atoms with van der Waals surface area (Å²) in [5.74, 6) is -0.728. The van der Waals surface area contributed by atoms with E-state index in [9.17, 15) is 24.5 Å². The van der Waals surface area contributed by atoms with Gasteiger partial charge in [0.15, 0.2) is 0 Å².